The molecular weight excluding hydrogens is 300 g/mol. The number of nitrogens with zero attached hydrogens (tertiary/aromatic N) is 2. The molecule has 1 fully saturated rings. The van der Waals surface area contributed by atoms with E-state index >= 15 is 0 Å². The molecule has 2 rings (SSSR count). The number of anilines is 1. The second kappa shape index (κ2) is 8.45. The number of aliphatic hydroxyl groups excluding tert-OH is 1. The van der Waals surface area contributed by atoms with E-state index in [1.54, 1.807) is 0 Å². The summed E-state index contributed by atoms with van der Waals surface area (Å²) in [5.41, 5.74) is 0.972. The molecule has 0 bridgehead atoms. The zero-order valence-corrected chi connectivity index (χ0v) is 14.2. The zero-order chi connectivity index (χ0) is 15.9. The number of nitrogens with one attached hydrogen (secondary N) is 2. The number of carbonyl (C=O) groups excluding carboxylic acids is 1. The molecule has 2 heterocycles. The molecule has 124 valence electrons. The molecule has 3 N–H and O–H groups in total. The number of thiazole rings is 1. The summed E-state index contributed by atoms with van der Waals surface area (Å²) < 4.78 is 0. The van der Waals surface area contributed by atoms with Gasteiger partial charge in [-0.2, -0.15) is 0 Å². The fourth-order valence-corrected chi connectivity index (χ4v) is 3.27. The van der Waals surface area contributed by atoms with Crippen LogP contribution in [0.4, 0.5) is 9.93 Å². The Bertz CT molecular complexity index is 472. The zero-order valence-electron chi connectivity index (χ0n) is 13.3. The van der Waals surface area contributed by atoms with Crippen LogP contribution in [0.3, 0.4) is 0 Å². The molecule has 0 radical (unpaired) electrons. The van der Waals surface area contributed by atoms with Gasteiger partial charge in [-0.25, -0.2) is 9.78 Å². The van der Waals surface area contributed by atoms with Gasteiger partial charge in [-0.1, -0.05) is 13.8 Å². The standard InChI is InChI=1S/C15H26N4O2S/c1-3-12-10-22-15(17-12)18-14(21)16-8-13(20)9-19-6-4-11(2)5-7-19/h10-11,13,20H,3-9H2,1-2H3,(H2,16,17,18,21). The van der Waals surface area contributed by atoms with Crippen molar-refractivity contribution in [2.75, 3.05) is 31.5 Å². The minimum Gasteiger partial charge on any atom is -0.390 e. The number of hydrogen-bond acceptors (Lipinski definition) is 5. The van der Waals surface area contributed by atoms with E-state index in [1.165, 1.54) is 24.2 Å². The van der Waals surface area contributed by atoms with Crippen molar-refractivity contribution in [1.29, 1.82) is 0 Å². The van der Waals surface area contributed by atoms with Crippen molar-refractivity contribution in [3.05, 3.63) is 11.1 Å². The van der Waals surface area contributed by atoms with E-state index in [-0.39, 0.29) is 12.6 Å². The van der Waals surface area contributed by atoms with Crippen molar-refractivity contribution in [3.8, 4) is 0 Å². The lowest BCUT2D eigenvalue weighted by Crippen LogP contribution is -2.43. The molecule has 0 aromatic carbocycles. The highest BCUT2D eigenvalue weighted by Gasteiger charge is 2.18. The molecule has 1 aromatic heterocycles. The molecular formula is C15H26N4O2S. The Morgan fingerprint density at radius 1 is 1.55 bits per heavy atom. The highest BCUT2D eigenvalue weighted by Crippen LogP contribution is 2.16. The highest BCUT2D eigenvalue weighted by molar-refractivity contribution is 7.13. The SMILES string of the molecule is CCc1csc(NC(=O)NCC(O)CN2CCC(C)CC2)n1. The lowest BCUT2D eigenvalue weighted by Gasteiger charge is -2.31. The van der Waals surface area contributed by atoms with Crippen molar-refractivity contribution in [3.63, 3.8) is 0 Å². The number of amides is 2. The Balaban J connectivity index is 1.65. The largest absolute Gasteiger partial charge is 0.390 e. The molecule has 1 aliphatic heterocycles. The Labute approximate surface area is 135 Å². The molecule has 0 saturated carbocycles. The lowest BCUT2D eigenvalue weighted by atomic mass is 9.99. The molecule has 0 aliphatic carbocycles. The number of piperidine rings is 1. The van der Waals surface area contributed by atoms with E-state index < -0.39 is 6.10 Å². The second-order valence-corrected chi connectivity index (χ2v) is 6.83. The van der Waals surface area contributed by atoms with Crippen LogP contribution in [0.5, 0.6) is 0 Å². The van der Waals surface area contributed by atoms with Gasteiger partial charge >= 0.3 is 6.03 Å². The van der Waals surface area contributed by atoms with E-state index in [9.17, 15) is 9.90 Å². The van der Waals surface area contributed by atoms with Gasteiger partial charge in [0.2, 0.25) is 0 Å². The van der Waals surface area contributed by atoms with Crippen LogP contribution in [0.25, 0.3) is 0 Å². The number of likely N-dealkylation sites (tertiary alicyclic amines) is 1. The average Bonchev–Trinajstić information content (AvgIpc) is 2.95. The fraction of sp³-hybridized carbons (Fsp3) is 0.733. The number of aromatic nitrogens is 1. The van der Waals surface area contributed by atoms with Gasteiger partial charge in [0.25, 0.3) is 0 Å². The Hall–Kier alpha value is -1.18. The predicted octanol–water partition coefficient (Wildman–Crippen LogP) is 1.92. The fourth-order valence-electron chi connectivity index (χ4n) is 2.49. The summed E-state index contributed by atoms with van der Waals surface area (Å²) in [5.74, 6) is 0.781. The van der Waals surface area contributed by atoms with Gasteiger partial charge < -0.3 is 15.3 Å². The molecule has 1 aliphatic rings. The Morgan fingerprint density at radius 2 is 2.27 bits per heavy atom. The monoisotopic (exact) mass is 326 g/mol. The summed E-state index contributed by atoms with van der Waals surface area (Å²) in [5, 5.41) is 17.9. The number of carbonyl (C=O) groups is 1. The normalized spacial score (nSPS) is 18.1. The molecule has 6 nitrogen and oxygen atoms in total. The molecule has 0 spiro atoms. The van der Waals surface area contributed by atoms with Crippen LogP contribution in [-0.4, -0.2) is 53.3 Å². The number of β-amino-alcohol motifs (C(OH)–C–C–N with tert-alkyl or cyclic N) is 1. The minimum absolute atomic E-state index is 0.254. The number of urea groups is 1. The van der Waals surface area contributed by atoms with E-state index in [0.717, 1.165) is 31.1 Å². The summed E-state index contributed by atoms with van der Waals surface area (Å²) in [7, 11) is 0. The van der Waals surface area contributed by atoms with E-state index in [2.05, 4.69) is 27.4 Å². The third kappa shape index (κ3) is 5.55. The van der Waals surface area contributed by atoms with Crippen molar-refractivity contribution in [2.24, 2.45) is 5.92 Å². The van der Waals surface area contributed by atoms with Crippen LogP contribution >= 0.6 is 11.3 Å². The van der Waals surface area contributed by atoms with Crippen LogP contribution in [-0.2, 0) is 6.42 Å². The van der Waals surface area contributed by atoms with Crippen LogP contribution in [0.2, 0.25) is 0 Å². The van der Waals surface area contributed by atoms with Gasteiger partial charge in [0.1, 0.15) is 0 Å². The summed E-state index contributed by atoms with van der Waals surface area (Å²) in [6.45, 7) is 7.22. The molecule has 1 atom stereocenters. The minimum atomic E-state index is -0.540. The molecule has 1 saturated heterocycles. The van der Waals surface area contributed by atoms with Crippen LogP contribution in [0.15, 0.2) is 5.38 Å². The number of hydrogen-bond donors (Lipinski definition) is 3. The van der Waals surface area contributed by atoms with Gasteiger partial charge in [-0.3, -0.25) is 5.32 Å². The summed E-state index contributed by atoms with van der Waals surface area (Å²) in [6.07, 6.45) is 2.68. The van der Waals surface area contributed by atoms with Crippen LogP contribution in [0.1, 0.15) is 32.4 Å². The quantitative estimate of drug-likeness (QED) is 0.746. The van der Waals surface area contributed by atoms with Crippen molar-refractivity contribution >= 4 is 22.5 Å². The third-order valence-corrected chi connectivity index (χ3v) is 4.78. The van der Waals surface area contributed by atoms with Crippen molar-refractivity contribution in [2.45, 2.75) is 39.2 Å². The van der Waals surface area contributed by atoms with Crippen LogP contribution in [0, 0.1) is 5.92 Å². The second-order valence-electron chi connectivity index (χ2n) is 5.97. The summed E-state index contributed by atoms with van der Waals surface area (Å²) in [6, 6.07) is -0.316. The van der Waals surface area contributed by atoms with Gasteiger partial charge in [0.15, 0.2) is 5.13 Å². The van der Waals surface area contributed by atoms with Gasteiger partial charge in [-0.15, -0.1) is 11.3 Å². The smallest absolute Gasteiger partial charge is 0.321 e. The lowest BCUT2D eigenvalue weighted by molar-refractivity contribution is 0.0924. The maximum atomic E-state index is 11.8. The van der Waals surface area contributed by atoms with E-state index in [1.807, 2.05) is 12.3 Å². The van der Waals surface area contributed by atoms with Gasteiger partial charge in [0, 0.05) is 18.5 Å². The first-order valence-electron chi connectivity index (χ1n) is 7.96. The highest BCUT2D eigenvalue weighted by atomic mass is 32.1. The maximum absolute atomic E-state index is 11.8. The average molecular weight is 326 g/mol. The van der Waals surface area contributed by atoms with Crippen molar-refractivity contribution in [1.82, 2.24) is 15.2 Å². The van der Waals surface area contributed by atoms with Crippen molar-refractivity contribution < 1.29 is 9.90 Å². The summed E-state index contributed by atoms with van der Waals surface area (Å²) >= 11 is 1.41. The molecule has 22 heavy (non-hydrogen) atoms. The molecule has 1 unspecified atom stereocenters. The first kappa shape index (κ1) is 17.2. The van der Waals surface area contributed by atoms with E-state index in [4.69, 9.17) is 0 Å². The Morgan fingerprint density at radius 3 is 2.91 bits per heavy atom. The van der Waals surface area contributed by atoms with Crippen LogP contribution < -0.4 is 10.6 Å². The Kier molecular flexibility index (Phi) is 6.60. The summed E-state index contributed by atoms with van der Waals surface area (Å²) in [4.78, 5) is 18.3. The predicted molar refractivity (Wildman–Crippen MR) is 89.4 cm³/mol. The number of aliphatic hydroxyl groups is 1. The van der Waals surface area contributed by atoms with E-state index in [0.29, 0.717) is 11.7 Å². The first-order valence-corrected chi connectivity index (χ1v) is 8.84. The van der Waals surface area contributed by atoms with Gasteiger partial charge in [-0.05, 0) is 38.3 Å². The molecule has 7 heteroatoms. The maximum Gasteiger partial charge on any atom is 0.321 e. The number of aryl methyl sites for hydroxylation is 1. The molecule has 2 amide bonds. The first-order chi connectivity index (χ1) is 10.6. The van der Waals surface area contributed by atoms with Gasteiger partial charge in [0.05, 0.1) is 11.8 Å². The third-order valence-electron chi connectivity index (χ3n) is 3.98. The number of rotatable bonds is 6. The topological polar surface area (TPSA) is 77.5 Å². The molecule has 1 aromatic rings.